The third-order valence-corrected chi connectivity index (χ3v) is 6.30. The lowest BCUT2D eigenvalue weighted by Gasteiger charge is -2.27. The first-order valence-corrected chi connectivity index (χ1v) is 7.90. The van der Waals surface area contributed by atoms with Crippen molar-refractivity contribution in [3.63, 3.8) is 0 Å². The third-order valence-electron chi connectivity index (χ3n) is 3.94. The Morgan fingerprint density at radius 2 is 1.94 bits per heavy atom. The van der Waals surface area contributed by atoms with Crippen molar-refractivity contribution in [2.75, 3.05) is 26.2 Å². The van der Waals surface area contributed by atoms with Crippen LogP contribution < -0.4 is 5.32 Å². The van der Waals surface area contributed by atoms with E-state index in [4.69, 9.17) is 0 Å². The van der Waals surface area contributed by atoms with Crippen LogP contribution in [0.3, 0.4) is 0 Å². The van der Waals surface area contributed by atoms with Crippen molar-refractivity contribution in [2.24, 2.45) is 5.92 Å². The molecule has 100 valence electrons. The summed E-state index contributed by atoms with van der Waals surface area (Å²) in [6, 6.07) is 0. The number of aliphatic hydroxyl groups excluding tert-OH is 1. The predicted octanol–water partition coefficient (Wildman–Crippen LogP) is -0.229. The molecule has 0 radical (unpaired) electrons. The van der Waals surface area contributed by atoms with Crippen molar-refractivity contribution in [1.82, 2.24) is 9.62 Å². The Morgan fingerprint density at radius 1 is 1.29 bits per heavy atom. The highest BCUT2D eigenvalue weighted by molar-refractivity contribution is 7.89. The molecule has 0 amide bonds. The second kappa shape index (κ2) is 5.22. The van der Waals surface area contributed by atoms with Crippen molar-refractivity contribution in [3.05, 3.63) is 0 Å². The summed E-state index contributed by atoms with van der Waals surface area (Å²) in [6.07, 6.45) is 1.78. The van der Waals surface area contributed by atoms with E-state index in [1.54, 1.807) is 11.2 Å². The van der Waals surface area contributed by atoms with Crippen LogP contribution in [0.5, 0.6) is 0 Å². The zero-order valence-corrected chi connectivity index (χ0v) is 11.1. The first-order valence-electron chi connectivity index (χ1n) is 6.39. The molecule has 6 heteroatoms. The molecule has 2 fully saturated rings. The minimum atomic E-state index is -3.15. The summed E-state index contributed by atoms with van der Waals surface area (Å²) in [5, 5.41) is 12.5. The molecule has 2 atom stereocenters. The maximum absolute atomic E-state index is 12.4. The van der Waals surface area contributed by atoms with E-state index in [1.165, 1.54) is 0 Å². The van der Waals surface area contributed by atoms with E-state index >= 15 is 0 Å². The van der Waals surface area contributed by atoms with Gasteiger partial charge in [-0.3, -0.25) is 0 Å². The lowest BCUT2D eigenvalue weighted by Crippen LogP contribution is -2.43. The molecular weight excluding hydrogens is 240 g/mol. The fraction of sp³-hybridized carbons (Fsp3) is 1.00. The molecule has 0 aromatic heterocycles. The molecule has 0 spiro atoms. The smallest absolute Gasteiger partial charge is 0.217 e. The Hall–Kier alpha value is -0.170. The molecule has 0 aromatic carbocycles. The molecule has 2 N–H and O–H groups in total. The molecule has 0 aliphatic carbocycles. The van der Waals surface area contributed by atoms with E-state index in [2.05, 4.69) is 5.32 Å². The monoisotopic (exact) mass is 262 g/mol. The van der Waals surface area contributed by atoms with E-state index in [0.717, 1.165) is 19.5 Å². The highest BCUT2D eigenvalue weighted by Crippen LogP contribution is 2.26. The second-order valence-electron chi connectivity index (χ2n) is 5.14. The summed E-state index contributed by atoms with van der Waals surface area (Å²) in [5.74, 6) is 0.103. The number of nitrogens with zero attached hydrogens (tertiary/aromatic N) is 1. The number of hydrogen-bond acceptors (Lipinski definition) is 4. The number of rotatable bonds is 3. The summed E-state index contributed by atoms with van der Waals surface area (Å²) in [4.78, 5) is 0. The van der Waals surface area contributed by atoms with Gasteiger partial charge in [0.15, 0.2) is 0 Å². The van der Waals surface area contributed by atoms with Crippen LogP contribution in [0.25, 0.3) is 0 Å². The van der Waals surface area contributed by atoms with Crippen molar-refractivity contribution < 1.29 is 13.5 Å². The normalized spacial score (nSPS) is 30.6. The standard InChI is InChI=1S/C11H22N2O3S/c1-9(14)10-4-7-13(8-10)17(15,16)11-2-5-12-6-3-11/h9-12,14H,2-8H2,1H3. The van der Waals surface area contributed by atoms with Gasteiger partial charge in [-0.15, -0.1) is 0 Å². The average Bonchev–Trinajstić information content (AvgIpc) is 2.80. The summed E-state index contributed by atoms with van der Waals surface area (Å²) in [5.41, 5.74) is 0. The van der Waals surface area contributed by atoms with Gasteiger partial charge in [0, 0.05) is 13.1 Å². The van der Waals surface area contributed by atoms with Gasteiger partial charge in [-0.25, -0.2) is 12.7 Å². The Balaban J connectivity index is 2.01. The molecule has 2 saturated heterocycles. The molecule has 0 saturated carbocycles. The van der Waals surface area contributed by atoms with Gasteiger partial charge in [-0.1, -0.05) is 0 Å². The van der Waals surface area contributed by atoms with Crippen LogP contribution in [-0.4, -0.2) is 55.4 Å². The maximum Gasteiger partial charge on any atom is 0.217 e. The second-order valence-corrected chi connectivity index (χ2v) is 7.35. The number of hydrogen-bond donors (Lipinski definition) is 2. The molecule has 0 aromatic rings. The summed E-state index contributed by atoms with van der Waals surface area (Å²) < 4.78 is 26.3. The van der Waals surface area contributed by atoms with Gasteiger partial charge in [0.1, 0.15) is 0 Å². The largest absolute Gasteiger partial charge is 0.393 e. The van der Waals surface area contributed by atoms with E-state index in [1.807, 2.05) is 0 Å². The first-order chi connectivity index (χ1) is 8.01. The van der Waals surface area contributed by atoms with E-state index < -0.39 is 16.1 Å². The molecule has 2 aliphatic heterocycles. The number of aliphatic hydroxyl groups is 1. The van der Waals surface area contributed by atoms with E-state index in [9.17, 15) is 13.5 Å². The minimum absolute atomic E-state index is 0.103. The molecular formula is C11H22N2O3S. The minimum Gasteiger partial charge on any atom is -0.393 e. The van der Waals surface area contributed by atoms with Gasteiger partial charge in [0.25, 0.3) is 0 Å². The lowest BCUT2D eigenvalue weighted by molar-refractivity contribution is 0.132. The molecule has 2 unspecified atom stereocenters. The quantitative estimate of drug-likeness (QED) is 0.737. The number of nitrogens with one attached hydrogen (secondary N) is 1. The summed E-state index contributed by atoms with van der Waals surface area (Å²) in [6.45, 7) is 4.38. The third kappa shape index (κ3) is 2.81. The van der Waals surface area contributed by atoms with Crippen LogP contribution >= 0.6 is 0 Å². The van der Waals surface area contributed by atoms with Crippen LogP contribution in [0.4, 0.5) is 0 Å². The Bertz CT molecular complexity index is 350. The molecule has 5 nitrogen and oxygen atoms in total. The average molecular weight is 262 g/mol. The van der Waals surface area contributed by atoms with Gasteiger partial charge in [0.05, 0.1) is 11.4 Å². The fourth-order valence-electron chi connectivity index (χ4n) is 2.68. The molecule has 2 aliphatic rings. The van der Waals surface area contributed by atoms with E-state index in [-0.39, 0.29) is 11.2 Å². The summed E-state index contributed by atoms with van der Waals surface area (Å²) >= 11 is 0. The Kier molecular flexibility index (Phi) is 4.07. The van der Waals surface area contributed by atoms with Crippen LogP contribution in [0.1, 0.15) is 26.2 Å². The summed E-state index contributed by atoms with van der Waals surface area (Å²) in [7, 11) is -3.15. The molecule has 0 bridgehead atoms. The van der Waals surface area contributed by atoms with Crippen molar-refractivity contribution in [1.29, 1.82) is 0 Å². The van der Waals surface area contributed by atoms with Crippen LogP contribution in [0.15, 0.2) is 0 Å². The number of sulfonamides is 1. The van der Waals surface area contributed by atoms with E-state index in [0.29, 0.717) is 25.9 Å². The highest BCUT2D eigenvalue weighted by atomic mass is 32.2. The van der Waals surface area contributed by atoms with Crippen molar-refractivity contribution in [2.45, 2.75) is 37.5 Å². The zero-order chi connectivity index (χ0) is 12.5. The SMILES string of the molecule is CC(O)C1CCN(S(=O)(=O)C2CCNCC2)C1. The molecule has 17 heavy (non-hydrogen) atoms. The van der Waals surface area contributed by atoms with Crippen LogP contribution in [0.2, 0.25) is 0 Å². The predicted molar refractivity (Wildman–Crippen MR) is 66.2 cm³/mol. The van der Waals surface area contributed by atoms with Gasteiger partial charge in [0.2, 0.25) is 10.0 Å². The van der Waals surface area contributed by atoms with Gasteiger partial charge in [-0.05, 0) is 45.2 Å². The number of piperidine rings is 1. The lowest BCUT2D eigenvalue weighted by atomic mass is 10.0. The van der Waals surface area contributed by atoms with Crippen LogP contribution in [0, 0.1) is 5.92 Å². The van der Waals surface area contributed by atoms with Gasteiger partial charge in [-0.2, -0.15) is 0 Å². The molecule has 2 heterocycles. The first kappa shape index (κ1) is 13.3. The van der Waals surface area contributed by atoms with Crippen LogP contribution in [-0.2, 0) is 10.0 Å². The topological polar surface area (TPSA) is 69.6 Å². The fourth-order valence-corrected chi connectivity index (χ4v) is 4.70. The molecule has 2 rings (SSSR count). The maximum atomic E-state index is 12.4. The van der Waals surface area contributed by atoms with Crippen molar-refractivity contribution >= 4 is 10.0 Å². The Labute approximate surface area is 103 Å². The van der Waals surface area contributed by atoms with Gasteiger partial charge >= 0.3 is 0 Å². The van der Waals surface area contributed by atoms with Crippen molar-refractivity contribution in [3.8, 4) is 0 Å². The van der Waals surface area contributed by atoms with Gasteiger partial charge < -0.3 is 10.4 Å². The zero-order valence-electron chi connectivity index (χ0n) is 10.3. The Morgan fingerprint density at radius 3 is 2.47 bits per heavy atom. The highest BCUT2D eigenvalue weighted by Gasteiger charge is 2.38.